The average Bonchev–Trinajstić information content (AvgIpc) is 3.23. The lowest BCUT2D eigenvalue weighted by atomic mass is 10.0. The molecule has 7 rings (SSSR count). The van der Waals surface area contributed by atoms with Gasteiger partial charge in [-0.15, -0.1) is 0 Å². The summed E-state index contributed by atoms with van der Waals surface area (Å²) in [5.74, 6) is 0. The fourth-order valence-electron chi connectivity index (χ4n) is 5.38. The number of piperazine rings is 1. The molecule has 0 aliphatic carbocycles. The molecule has 3 aromatic heterocycles. The van der Waals surface area contributed by atoms with Crippen LogP contribution in [0.4, 0.5) is 5.69 Å². The number of imidazole rings is 1. The lowest BCUT2D eigenvalue weighted by molar-refractivity contribution is 0.589. The Morgan fingerprint density at radius 3 is 2.38 bits per heavy atom. The minimum atomic E-state index is -0.0861. The van der Waals surface area contributed by atoms with E-state index in [1.807, 2.05) is 47.2 Å². The van der Waals surface area contributed by atoms with Gasteiger partial charge in [0.05, 0.1) is 34.0 Å². The second kappa shape index (κ2) is 8.57. The molecule has 7 nitrogen and oxygen atoms in total. The maximum absolute atomic E-state index is 13.5. The number of benzene rings is 3. The van der Waals surface area contributed by atoms with Gasteiger partial charge in [0.25, 0.3) is 0 Å². The Labute approximate surface area is 213 Å². The summed E-state index contributed by atoms with van der Waals surface area (Å²) in [6.45, 7) is 3.93. The molecule has 0 unspecified atom stereocenters. The summed E-state index contributed by atoms with van der Waals surface area (Å²) in [7, 11) is 1.81. The number of fused-ring (bicyclic) bond motifs is 4. The largest absolute Gasteiger partial charge is 0.369 e. The van der Waals surface area contributed by atoms with Crippen LogP contribution in [0.25, 0.3) is 49.7 Å². The van der Waals surface area contributed by atoms with Crippen molar-refractivity contribution in [2.75, 3.05) is 31.1 Å². The molecule has 0 radical (unpaired) electrons. The summed E-state index contributed by atoms with van der Waals surface area (Å²) < 4.78 is 3.49. The molecule has 7 heteroatoms. The van der Waals surface area contributed by atoms with Gasteiger partial charge in [-0.3, -0.25) is 19.1 Å². The number of nitrogens with one attached hydrogen (secondary N) is 1. The maximum atomic E-state index is 13.5. The fraction of sp³-hybridized carbons (Fsp3) is 0.167. The standard InChI is InChI=1S/C30H26N6O/c1-34-28-19-33-27-11-6-20(22-16-21-4-2-3-5-26(21)32-18-22)17-25(27)29(28)36(30(34)37)24-9-7-23(8-10-24)35-14-12-31-13-15-35/h2-11,16-19,31H,12-15H2,1H3. The van der Waals surface area contributed by atoms with Crippen LogP contribution in [0.5, 0.6) is 0 Å². The molecule has 0 spiro atoms. The third kappa shape index (κ3) is 3.58. The molecule has 1 aliphatic heterocycles. The van der Waals surface area contributed by atoms with E-state index in [9.17, 15) is 4.79 Å². The van der Waals surface area contributed by atoms with Gasteiger partial charge >= 0.3 is 5.69 Å². The first kappa shape index (κ1) is 21.8. The SMILES string of the molecule is Cn1c(=O)n(-c2ccc(N3CCNCC3)cc2)c2c3cc(-c4cnc5ccccc5c4)ccc3ncc21. The van der Waals surface area contributed by atoms with Crippen LogP contribution in [0.1, 0.15) is 0 Å². The highest BCUT2D eigenvalue weighted by atomic mass is 16.1. The number of aryl methyl sites for hydroxylation is 1. The zero-order valence-corrected chi connectivity index (χ0v) is 20.6. The molecule has 6 aromatic rings. The summed E-state index contributed by atoms with van der Waals surface area (Å²) in [6, 6.07) is 24.8. The van der Waals surface area contributed by atoms with Gasteiger partial charge in [-0.25, -0.2) is 4.79 Å². The van der Waals surface area contributed by atoms with E-state index >= 15 is 0 Å². The fourth-order valence-corrected chi connectivity index (χ4v) is 5.38. The van der Waals surface area contributed by atoms with E-state index in [1.54, 1.807) is 17.8 Å². The van der Waals surface area contributed by atoms with E-state index in [0.29, 0.717) is 0 Å². The Hall–Kier alpha value is -4.49. The van der Waals surface area contributed by atoms with E-state index in [-0.39, 0.29) is 5.69 Å². The minimum Gasteiger partial charge on any atom is -0.369 e. The summed E-state index contributed by atoms with van der Waals surface area (Å²) >= 11 is 0. The van der Waals surface area contributed by atoms with Gasteiger partial charge in [0.2, 0.25) is 0 Å². The van der Waals surface area contributed by atoms with E-state index < -0.39 is 0 Å². The summed E-state index contributed by atoms with van der Waals surface area (Å²) in [5, 5.41) is 5.43. The Kier molecular flexibility index (Phi) is 5.04. The molecule has 0 atom stereocenters. The molecule has 1 fully saturated rings. The molecule has 1 N–H and O–H groups in total. The number of rotatable bonds is 3. The molecule has 1 aliphatic rings. The first-order valence-electron chi connectivity index (χ1n) is 12.6. The van der Waals surface area contributed by atoms with Gasteiger partial charge in [-0.1, -0.05) is 24.3 Å². The van der Waals surface area contributed by atoms with E-state index in [4.69, 9.17) is 0 Å². The van der Waals surface area contributed by atoms with Crippen molar-refractivity contribution in [2.24, 2.45) is 7.05 Å². The molecule has 0 amide bonds. The maximum Gasteiger partial charge on any atom is 0.333 e. The second-order valence-corrected chi connectivity index (χ2v) is 9.57. The van der Waals surface area contributed by atoms with Crippen molar-refractivity contribution in [3.8, 4) is 16.8 Å². The molecule has 182 valence electrons. The highest BCUT2D eigenvalue weighted by molar-refractivity contribution is 6.04. The molecule has 0 bridgehead atoms. The summed E-state index contributed by atoms with van der Waals surface area (Å²) in [5.41, 5.74) is 7.49. The third-order valence-electron chi connectivity index (χ3n) is 7.40. The van der Waals surface area contributed by atoms with Gasteiger partial charge in [-0.2, -0.15) is 0 Å². The van der Waals surface area contributed by atoms with Crippen molar-refractivity contribution in [3.63, 3.8) is 0 Å². The van der Waals surface area contributed by atoms with Crippen molar-refractivity contribution in [2.45, 2.75) is 0 Å². The number of hydrogen-bond acceptors (Lipinski definition) is 5. The number of hydrogen-bond donors (Lipinski definition) is 1. The average molecular weight is 487 g/mol. The van der Waals surface area contributed by atoms with Gasteiger partial charge < -0.3 is 10.2 Å². The van der Waals surface area contributed by atoms with E-state index in [0.717, 1.165) is 75.8 Å². The minimum absolute atomic E-state index is 0.0861. The number of para-hydroxylation sites is 1. The monoisotopic (exact) mass is 486 g/mol. The normalized spacial score (nSPS) is 14.1. The van der Waals surface area contributed by atoms with Gasteiger partial charge in [0, 0.05) is 61.4 Å². The van der Waals surface area contributed by atoms with Crippen molar-refractivity contribution < 1.29 is 0 Å². The number of aromatic nitrogens is 4. The van der Waals surface area contributed by atoms with Crippen LogP contribution >= 0.6 is 0 Å². The molecular formula is C30H26N6O. The predicted octanol–water partition coefficient (Wildman–Crippen LogP) is 4.50. The van der Waals surface area contributed by atoms with E-state index in [2.05, 4.69) is 56.6 Å². The molecular weight excluding hydrogens is 460 g/mol. The highest BCUT2D eigenvalue weighted by Gasteiger charge is 2.18. The molecule has 1 saturated heterocycles. The van der Waals surface area contributed by atoms with Gasteiger partial charge in [0.15, 0.2) is 0 Å². The highest BCUT2D eigenvalue weighted by Crippen LogP contribution is 2.31. The smallest absolute Gasteiger partial charge is 0.333 e. The first-order chi connectivity index (χ1) is 18.2. The summed E-state index contributed by atoms with van der Waals surface area (Å²) in [6.07, 6.45) is 3.70. The zero-order chi connectivity index (χ0) is 24.9. The number of pyridine rings is 2. The second-order valence-electron chi connectivity index (χ2n) is 9.57. The Morgan fingerprint density at radius 2 is 1.54 bits per heavy atom. The Balaban J connectivity index is 1.40. The van der Waals surface area contributed by atoms with Crippen LogP contribution < -0.4 is 15.9 Å². The van der Waals surface area contributed by atoms with Crippen LogP contribution in [-0.2, 0) is 7.05 Å². The molecule has 4 heterocycles. The molecule has 37 heavy (non-hydrogen) atoms. The lowest BCUT2D eigenvalue weighted by Gasteiger charge is -2.29. The Morgan fingerprint density at radius 1 is 0.784 bits per heavy atom. The summed E-state index contributed by atoms with van der Waals surface area (Å²) in [4.78, 5) is 25.2. The molecule has 3 aromatic carbocycles. The zero-order valence-electron chi connectivity index (χ0n) is 20.6. The molecule has 0 saturated carbocycles. The van der Waals surface area contributed by atoms with Crippen LogP contribution in [-0.4, -0.2) is 45.3 Å². The van der Waals surface area contributed by atoms with Crippen LogP contribution in [0, 0.1) is 0 Å². The first-order valence-corrected chi connectivity index (χ1v) is 12.6. The number of nitrogens with zero attached hydrogens (tertiary/aromatic N) is 5. The topological polar surface area (TPSA) is 68.0 Å². The number of anilines is 1. The van der Waals surface area contributed by atoms with Crippen LogP contribution in [0.15, 0.2) is 90.0 Å². The van der Waals surface area contributed by atoms with Crippen molar-refractivity contribution in [1.82, 2.24) is 24.4 Å². The predicted molar refractivity (Wildman–Crippen MR) is 150 cm³/mol. The van der Waals surface area contributed by atoms with Crippen LogP contribution in [0.3, 0.4) is 0 Å². The van der Waals surface area contributed by atoms with Crippen molar-refractivity contribution in [1.29, 1.82) is 0 Å². The van der Waals surface area contributed by atoms with Crippen molar-refractivity contribution in [3.05, 3.63) is 95.7 Å². The van der Waals surface area contributed by atoms with Gasteiger partial charge in [-0.05, 0) is 54.1 Å². The Bertz CT molecular complexity index is 1840. The van der Waals surface area contributed by atoms with Crippen LogP contribution in [0.2, 0.25) is 0 Å². The third-order valence-corrected chi connectivity index (χ3v) is 7.40. The lowest BCUT2D eigenvalue weighted by Crippen LogP contribution is -2.43. The van der Waals surface area contributed by atoms with E-state index in [1.165, 1.54) is 5.69 Å². The van der Waals surface area contributed by atoms with Crippen molar-refractivity contribution >= 4 is 38.5 Å². The quantitative estimate of drug-likeness (QED) is 0.399. The van der Waals surface area contributed by atoms with Gasteiger partial charge in [0.1, 0.15) is 0 Å².